The van der Waals surface area contributed by atoms with Crippen LogP contribution in [0.5, 0.6) is 5.75 Å². The van der Waals surface area contributed by atoms with Gasteiger partial charge < -0.3 is 4.74 Å². The number of benzene rings is 2. The number of thioether (sulfide) groups is 1. The average Bonchev–Trinajstić information content (AvgIpc) is 2.90. The molecule has 0 spiro atoms. The zero-order chi connectivity index (χ0) is 18.5. The highest BCUT2D eigenvalue weighted by molar-refractivity contribution is 8.15. The van der Waals surface area contributed by atoms with E-state index in [4.69, 9.17) is 22.8 Å². The standard InChI is InChI=1S/C20H16ClNO3S/c1-2-11-25-16-9-7-14(8-10-16)12-18-19(23)22(20(24)26-18)13-15-5-3-4-6-17(15)21/h1,3-10,18H,11-13H2/t18-/m0/s1. The summed E-state index contributed by atoms with van der Waals surface area (Å²) in [5.41, 5.74) is 1.71. The molecule has 1 aliphatic heterocycles. The third-order valence-electron chi connectivity index (χ3n) is 3.96. The Kier molecular flexibility index (Phi) is 5.87. The van der Waals surface area contributed by atoms with Gasteiger partial charge in [-0.05, 0) is 35.7 Å². The summed E-state index contributed by atoms with van der Waals surface area (Å²) in [4.78, 5) is 26.2. The molecular formula is C20H16ClNO3S. The van der Waals surface area contributed by atoms with Crippen LogP contribution in [0.2, 0.25) is 5.02 Å². The zero-order valence-corrected chi connectivity index (χ0v) is 15.4. The maximum atomic E-state index is 12.6. The summed E-state index contributed by atoms with van der Waals surface area (Å²) in [5, 5.41) is -0.125. The van der Waals surface area contributed by atoms with Crippen molar-refractivity contribution in [2.75, 3.05) is 6.61 Å². The van der Waals surface area contributed by atoms with Crippen molar-refractivity contribution in [1.82, 2.24) is 4.90 Å². The van der Waals surface area contributed by atoms with Crippen molar-refractivity contribution in [1.29, 1.82) is 0 Å². The van der Waals surface area contributed by atoms with Crippen molar-refractivity contribution in [3.05, 3.63) is 64.7 Å². The molecule has 0 saturated carbocycles. The first-order chi connectivity index (χ1) is 12.6. The molecule has 1 heterocycles. The van der Waals surface area contributed by atoms with Crippen molar-refractivity contribution >= 4 is 34.5 Å². The van der Waals surface area contributed by atoms with E-state index in [2.05, 4.69) is 5.92 Å². The monoisotopic (exact) mass is 385 g/mol. The fourth-order valence-corrected chi connectivity index (χ4v) is 3.85. The summed E-state index contributed by atoms with van der Waals surface area (Å²) in [6, 6.07) is 14.6. The second-order valence-electron chi connectivity index (χ2n) is 5.73. The van der Waals surface area contributed by atoms with E-state index in [0.29, 0.717) is 17.2 Å². The predicted octanol–water partition coefficient (Wildman–Crippen LogP) is 4.16. The minimum Gasteiger partial charge on any atom is -0.481 e. The number of carbonyl (C=O) groups is 2. The third-order valence-corrected chi connectivity index (χ3v) is 5.40. The molecule has 0 bridgehead atoms. The summed E-state index contributed by atoms with van der Waals surface area (Å²) in [6.07, 6.45) is 5.64. The molecule has 6 heteroatoms. The van der Waals surface area contributed by atoms with E-state index in [9.17, 15) is 9.59 Å². The van der Waals surface area contributed by atoms with E-state index < -0.39 is 5.25 Å². The Labute approximate surface area is 161 Å². The SMILES string of the molecule is C#CCOc1ccc(C[C@@H]2SC(=O)N(Cc3ccccc3Cl)C2=O)cc1. The van der Waals surface area contributed by atoms with Crippen molar-refractivity contribution < 1.29 is 14.3 Å². The van der Waals surface area contributed by atoms with Gasteiger partial charge in [0, 0.05) is 5.02 Å². The average molecular weight is 386 g/mol. The number of hydrogen-bond acceptors (Lipinski definition) is 4. The van der Waals surface area contributed by atoms with Crippen LogP contribution >= 0.6 is 23.4 Å². The highest BCUT2D eigenvalue weighted by atomic mass is 35.5. The number of terminal acetylenes is 1. The molecule has 1 atom stereocenters. The number of rotatable bonds is 6. The Morgan fingerprint density at radius 1 is 1.15 bits per heavy atom. The molecule has 132 valence electrons. The van der Waals surface area contributed by atoms with Gasteiger partial charge in [0.1, 0.15) is 12.4 Å². The number of halogens is 1. The Morgan fingerprint density at radius 2 is 1.88 bits per heavy atom. The fraction of sp³-hybridized carbons (Fsp3) is 0.200. The number of ether oxygens (including phenoxy) is 1. The van der Waals surface area contributed by atoms with Gasteiger partial charge in [0.25, 0.3) is 5.24 Å². The molecule has 0 N–H and O–H groups in total. The number of imide groups is 1. The van der Waals surface area contributed by atoms with Gasteiger partial charge in [-0.3, -0.25) is 14.5 Å². The Bertz CT molecular complexity index is 860. The summed E-state index contributed by atoms with van der Waals surface area (Å²) >= 11 is 7.19. The maximum absolute atomic E-state index is 12.6. The smallest absolute Gasteiger partial charge is 0.289 e. The van der Waals surface area contributed by atoms with Gasteiger partial charge >= 0.3 is 0 Å². The van der Waals surface area contributed by atoms with Gasteiger partial charge in [-0.25, -0.2) is 0 Å². The molecule has 3 rings (SSSR count). The van der Waals surface area contributed by atoms with E-state index >= 15 is 0 Å². The third kappa shape index (κ3) is 4.21. The molecule has 2 aromatic carbocycles. The Balaban J connectivity index is 1.65. The van der Waals surface area contributed by atoms with Crippen LogP contribution in [0, 0.1) is 12.3 Å². The van der Waals surface area contributed by atoms with Crippen LogP contribution in [0.1, 0.15) is 11.1 Å². The maximum Gasteiger partial charge on any atom is 0.289 e. The van der Waals surface area contributed by atoms with Gasteiger partial charge in [-0.2, -0.15) is 0 Å². The van der Waals surface area contributed by atoms with E-state index in [-0.39, 0.29) is 24.3 Å². The molecule has 1 fully saturated rings. The molecule has 1 saturated heterocycles. The first kappa shape index (κ1) is 18.4. The summed E-state index contributed by atoms with van der Waals surface area (Å²) in [6.45, 7) is 0.404. The molecule has 0 aliphatic carbocycles. The topological polar surface area (TPSA) is 46.6 Å². The van der Waals surface area contributed by atoms with E-state index in [1.54, 1.807) is 18.2 Å². The minimum absolute atomic E-state index is 0.187. The lowest BCUT2D eigenvalue weighted by Gasteiger charge is -2.15. The lowest BCUT2D eigenvalue weighted by molar-refractivity contribution is -0.127. The zero-order valence-electron chi connectivity index (χ0n) is 13.9. The van der Waals surface area contributed by atoms with Gasteiger partial charge in [-0.15, -0.1) is 6.42 Å². The normalized spacial score (nSPS) is 16.6. The van der Waals surface area contributed by atoms with Gasteiger partial charge in [-0.1, -0.05) is 59.6 Å². The van der Waals surface area contributed by atoms with Crippen LogP contribution in [0.3, 0.4) is 0 Å². The lowest BCUT2D eigenvalue weighted by Crippen LogP contribution is -2.31. The van der Waals surface area contributed by atoms with Crippen molar-refractivity contribution in [2.45, 2.75) is 18.2 Å². The van der Waals surface area contributed by atoms with E-state index in [0.717, 1.165) is 22.9 Å². The number of hydrogen-bond donors (Lipinski definition) is 0. The number of carbonyl (C=O) groups excluding carboxylic acids is 2. The lowest BCUT2D eigenvalue weighted by atomic mass is 10.1. The summed E-state index contributed by atoms with van der Waals surface area (Å²) in [5.74, 6) is 2.89. The molecule has 0 radical (unpaired) electrons. The van der Waals surface area contributed by atoms with Crippen LogP contribution in [-0.4, -0.2) is 27.9 Å². The molecule has 0 unspecified atom stereocenters. The first-order valence-electron chi connectivity index (χ1n) is 7.99. The quantitative estimate of drug-likeness (QED) is 0.700. The predicted molar refractivity (Wildman–Crippen MR) is 103 cm³/mol. The van der Waals surface area contributed by atoms with Crippen LogP contribution in [0.4, 0.5) is 4.79 Å². The van der Waals surface area contributed by atoms with Crippen LogP contribution in [0.25, 0.3) is 0 Å². The van der Waals surface area contributed by atoms with Gasteiger partial charge in [0.15, 0.2) is 0 Å². The molecule has 26 heavy (non-hydrogen) atoms. The highest BCUT2D eigenvalue weighted by Gasteiger charge is 2.39. The molecule has 4 nitrogen and oxygen atoms in total. The highest BCUT2D eigenvalue weighted by Crippen LogP contribution is 2.32. The number of amides is 2. The molecular weight excluding hydrogens is 370 g/mol. The Hall–Kier alpha value is -2.42. The van der Waals surface area contributed by atoms with Gasteiger partial charge in [0.2, 0.25) is 5.91 Å². The van der Waals surface area contributed by atoms with Crippen LogP contribution in [-0.2, 0) is 17.8 Å². The van der Waals surface area contributed by atoms with E-state index in [1.807, 2.05) is 30.3 Å². The van der Waals surface area contributed by atoms with Crippen molar-refractivity contribution in [2.24, 2.45) is 0 Å². The van der Waals surface area contributed by atoms with Crippen molar-refractivity contribution in [3.8, 4) is 18.1 Å². The summed E-state index contributed by atoms with van der Waals surface area (Å²) in [7, 11) is 0. The molecule has 0 aromatic heterocycles. The molecule has 2 aromatic rings. The van der Waals surface area contributed by atoms with Crippen LogP contribution in [0.15, 0.2) is 48.5 Å². The van der Waals surface area contributed by atoms with E-state index in [1.165, 1.54) is 4.90 Å². The molecule has 1 aliphatic rings. The summed E-state index contributed by atoms with van der Waals surface area (Å²) < 4.78 is 5.33. The Morgan fingerprint density at radius 3 is 2.58 bits per heavy atom. The van der Waals surface area contributed by atoms with Gasteiger partial charge in [0.05, 0.1) is 11.8 Å². The minimum atomic E-state index is -0.428. The second-order valence-corrected chi connectivity index (χ2v) is 7.29. The fourth-order valence-electron chi connectivity index (χ4n) is 2.63. The second kappa shape index (κ2) is 8.31. The number of nitrogens with zero attached hydrogens (tertiary/aromatic N) is 1. The van der Waals surface area contributed by atoms with Crippen LogP contribution < -0.4 is 4.74 Å². The van der Waals surface area contributed by atoms with Crippen molar-refractivity contribution in [3.63, 3.8) is 0 Å². The largest absolute Gasteiger partial charge is 0.481 e. The molecule has 2 amide bonds. The first-order valence-corrected chi connectivity index (χ1v) is 9.25.